The van der Waals surface area contributed by atoms with Crippen molar-refractivity contribution in [1.29, 1.82) is 0 Å². The molecule has 0 bridgehead atoms. The normalized spacial score (nSPS) is 9.82. The molecular weight excluding hydrogens is 314 g/mol. The topological polar surface area (TPSA) is 60.2 Å². The molecule has 0 aromatic heterocycles. The summed E-state index contributed by atoms with van der Waals surface area (Å²) in [7, 11) is 2.96. The Morgan fingerprint density at radius 1 is 0.818 bits per heavy atom. The molecule has 0 saturated heterocycles. The Bertz CT molecular complexity index is 561. The van der Waals surface area contributed by atoms with Crippen molar-refractivity contribution >= 4 is 34.2 Å². The van der Waals surface area contributed by atoms with E-state index in [1.165, 1.54) is 21.6 Å². The van der Waals surface area contributed by atoms with E-state index in [2.05, 4.69) is 0 Å². The number of nitrogens with two attached hydrogens (primary N) is 1. The van der Waals surface area contributed by atoms with Crippen LogP contribution in [-0.2, 0) is 0 Å². The van der Waals surface area contributed by atoms with Crippen LogP contribution in [0.25, 0.3) is 0 Å². The van der Waals surface area contributed by atoms with Crippen LogP contribution in [0.3, 0.4) is 0 Å². The molecule has 0 spiro atoms. The lowest BCUT2D eigenvalue weighted by molar-refractivity contribution is 0.111. The first-order chi connectivity index (χ1) is 10.6. The average molecular weight is 333 g/mol. The van der Waals surface area contributed by atoms with E-state index >= 15 is 0 Å². The van der Waals surface area contributed by atoms with Crippen LogP contribution in [0.2, 0.25) is 0 Å². The van der Waals surface area contributed by atoms with E-state index in [0.29, 0.717) is 17.2 Å². The minimum atomic E-state index is 0.333. The van der Waals surface area contributed by atoms with Gasteiger partial charge in [-0.25, -0.2) is 0 Å². The third-order valence-corrected chi connectivity index (χ3v) is 4.83. The fraction of sp³-hybridized carbons (Fsp3) is 0.176. The monoisotopic (exact) mass is 333 g/mol. The Morgan fingerprint density at radius 2 is 1.14 bits per heavy atom. The zero-order valence-corrected chi connectivity index (χ0v) is 14.2. The van der Waals surface area contributed by atoms with E-state index in [0.717, 1.165) is 22.4 Å². The van der Waals surface area contributed by atoms with Crippen LogP contribution in [0, 0.1) is 0 Å². The predicted octanol–water partition coefficient (Wildman–Crippen LogP) is 4.46. The van der Waals surface area contributed by atoms with Gasteiger partial charge in [0.2, 0.25) is 0 Å². The second-order valence-electron chi connectivity index (χ2n) is 4.72. The molecule has 0 amide bonds. The third kappa shape index (κ3) is 6.47. The second kappa shape index (κ2) is 10.2. The summed E-state index contributed by atoms with van der Waals surface area (Å²) in [6, 6.07) is 15.1. The molecule has 0 atom stereocenters. The van der Waals surface area contributed by atoms with Crippen LogP contribution < -0.4 is 5.73 Å². The second-order valence-corrected chi connectivity index (χ2v) is 6.94. The van der Waals surface area contributed by atoms with Crippen molar-refractivity contribution in [2.75, 3.05) is 0 Å². The molecule has 0 saturated carbocycles. The van der Waals surface area contributed by atoms with Gasteiger partial charge in [-0.3, -0.25) is 9.59 Å². The van der Waals surface area contributed by atoms with Crippen molar-refractivity contribution in [2.24, 2.45) is 5.73 Å². The van der Waals surface area contributed by atoms with E-state index in [4.69, 9.17) is 5.73 Å². The first-order valence-electron chi connectivity index (χ1n) is 6.77. The minimum Gasteiger partial charge on any atom is -0.328 e. The van der Waals surface area contributed by atoms with Crippen LogP contribution >= 0.6 is 21.6 Å². The molecule has 0 fully saturated rings. The van der Waals surface area contributed by atoms with Crippen LogP contribution in [0.15, 0.2) is 58.3 Å². The number of hydrogen-bond acceptors (Lipinski definition) is 5. The van der Waals surface area contributed by atoms with Gasteiger partial charge in [-0.1, -0.05) is 71.8 Å². The van der Waals surface area contributed by atoms with E-state index < -0.39 is 0 Å². The average Bonchev–Trinajstić information content (AvgIpc) is 2.53. The summed E-state index contributed by atoms with van der Waals surface area (Å²) in [6.45, 7) is 3.89. The summed E-state index contributed by atoms with van der Waals surface area (Å²) in [5, 5.41) is 0. The molecule has 0 aliphatic rings. The van der Waals surface area contributed by atoms with Gasteiger partial charge < -0.3 is 5.73 Å². The van der Waals surface area contributed by atoms with Crippen molar-refractivity contribution in [3.8, 4) is 0 Å². The van der Waals surface area contributed by atoms with Gasteiger partial charge in [-0.05, 0) is 18.2 Å². The Hall–Kier alpha value is -1.56. The Labute approximate surface area is 139 Å². The van der Waals surface area contributed by atoms with Crippen molar-refractivity contribution in [2.45, 2.75) is 29.7 Å². The molecule has 22 heavy (non-hydrogen) atoms. The molecule has 5 heteroatoms. The standard InChI is InChI=1S/C14H10O2S2.C3H9N/c15-9-11-5-1-3-7-13(11)17-18-14-8-4-2-6-12(14)10-16;1-3(2)4/h1-10H;3H,4H2,1-2H3. The summed E-state index contributed by atoms with van der Waals surface area (Å²) in [5.74, 6) is 0. The van der Waals surface area contributed by atoms with Crippen molar-refractivity contribution in [1.82, 2.24) is 0 Å². The molecular formula is C17H19NO2S2. The quantitative estimate of drug-likeness (QED) is 0.646. The lowest BCUT2D eigenvalue weighted by atomic mass is 10.2. The maximum absolute atomic E-state index is 10.9. The summed E-state index contributed by atoms with van der Waals surface area (Å²) < 4.78 is 0. The Morgan fingerprint density at radius 3 is 1.45 bits per heavy atom. The van der Waals surface area contributed by atoms with Gasteiger partial charge in [-0.2, -0.15) is 0 Å². The molecule has 0 aliphatic carbocycles. The number of carbonyl (C=O) groups is 2. The minimum absolute atomic E-state index is 0.333. The molecule has 0 aliphatic heterocycles. The van der Waals surface area contributed by atoms with Crippen LogP contribution in [-0.4, -0.2) is 18.6 Å². The largest absolute Gasteiger partial charge is 0.328 e. The fourth-order valence-electron chi connectivity index (χ4n) is 1.40. The summed E-state index contributed by atoms with van der Waals surface area (Å²) in [5.41, 5.74) is 6.44. The molecule has 0 radical (unpaired) electrons. The molecule has 2 aromatic carbocycles. The summed E-state index contributed by atoms with van der Waals surface area (Å²) in [6.07, 6.45) is 1.68. The van der Waals surface area contributed by atoms with Gasteiger partial charge in [0.15, 0.2) is 12.6 Å². The highest BCUT2D eigenvalue weighted by Gasteiger charge is 2.05. The number of aldehydes is 2. The number of rotatable bonds is 5. The number of benzene rings is 2. The maximum atomic E-state index is 10.9. The van der Waals surface area contributed by atoms with E-state index in [9.17, 15) is 9.59 Å². The van der Waals surface area contributed by atoms with Gasteiger partial charge in [0.1, 0.15) is 0 Å². The zero-order valence-electron chi connectivity index (χ0n) is 12.6. The first kappa shape index (κ1) is 18.5. The number of hydrogen-bond donors (Lipinski definition) is 1. The summed E-state index contributed by atoms with van der Waals surface area (Å²) >= 11 is 0. The molecule has 0 unspecified atom stereocenters. The van der Waals surface area contributed by atoms with Gasteiger partial charge in [0, 0.05) is 20.9 Å². The highest BCUT2D eigenvalue weighted by Crippen LogP contribution is 2.39. The van der Waals surface area contributed by atoms with Crippen LogP contribution in [0.4, 0.5) is 0 Å². The maximum Gasteiger partial charge on any atom is 0.151 e. The SMILES string of the molecule is CC(C)N.O=Cc1ccccc1SSc1ccccc1C=O. The van der Waals surface area contributed by atoms with Crippen molar-refractivity contribution in [3.05, 3.63) is 59.7 Å². The van der Waals surface area contributed by atoms with Crippen molar-refractivity contribution in [3.63, 3.8) is 0 Å². The third-order valence-electron chi connectivity index (χ3n) is 2.31. The van der Waals surface area contributed by atoms with Gasteiger partial charge in [0.05, 0.1) is 0 Å². The lowest BCUT2D eigenvalue weighted by Gasteiger charge is -2.05. The van der Waals surface area contributed by atoms with E-state index in [-0.39, 0.29) is 0 Å². The first-order valence-corrected chi connectivity index (χ1v) is 8.92. The molecule has 2 rings (SSSR count). The smallest absolute Gasteiger partial charge is 0.151 e. The molecule has 3 nitrogen and oxygen atoms in total. The van der Waals surface area contributed by atoms with Crippen molar-refractivity contribution < 1.29 is 9.59 Å². The Kier molecular flexibility index (Phi) is 8.58. The molecule has 2 N–H and O–H groups in total. The van der Waals surface area contributed by atoms with Gasteiger partial charge in [-0.15, -0.1) is 0 Å². The predicted molar refractivity (Wildman–Crippen MR) is 94.7 cm³/mol. The highest BCUT2D eigenvalue weighted by atomic mass is 33.1. The fourth-order valence-corrected chi connectivity index (χ4v) is 3.72. The van der Waals surface area contributed by atoms with E-state index in [1.807, 2.05) is 50.2 Å². The van der Waals surface area contributed by atoms with E-state index in [1.54, 1.807) is 12.1 Å². The van der Waals surface area contributed by atoms with Crippen LogP contribution in [0.1, 0.15) is 34.6 Å². The number of carbonyl (C=O) groups excluding carboxylic acids is 2. The zero-order chi connectivity index (χ0) is 16.4. The van der Waals surface area contributed by atoms with Crippen LogP contribution in [0.5, 0.6) is 0 Å². The van der Waals surface area contributed by atoms with Gasteiger partial charge >= 0.3 is 0 Å². The Balaban J connectivity index is 0.000000541. The highest BCUT2D eigenvalue weighted by molar-refractivity contribution is 8.76. The lowest BCUT2D eigenvalue weighted by Crippen LogP contribution is -2.06. The molecule has 116 valence electrons. The molecule has 0 heterocycles. The molecule has 2 aromatic rings. The summed E-state index contributed by atoms with van der Waals surface area (Å²) in [4.78, 5) is 23.6. The van der Waals surface area contributed by atoms with Gasteiger partial charge in [0.25, 0.3) is 0 Å².